The molecule has 0 spiro atoms. The summed E-state index contributed by atoms with van der Waals surface area (Å²) in [4.78, 5) is 91.8. The van der Waals surface area contributed by atoms with E-state index >= 15 is 0 Å². The zero-order valence-electron chi connectivity index (χ0n) is 27.7. The number of para-hydroxylation sites is 1. The summed E-state index contributed by atoms with van der Waals surface area (Å²) in [6, 6.07) is 9.08. The summed E-state index contributed by atoms with van der Waals surface area (Å²) in [7, 11) is 0. The maximum absolute atomic E-state index is 13.7. The lowest BCUT2D eigenvalue weighted by atomic mass is 10.0. The first kappa shape index (κ1) is 39.2. The first-order valence-corrected chi connectivity index (χ1v) is 16.8. The number of carbonyl (C=O) groups excluding carboxylic acids is 6. The fourth-order valence-corrected chi connectivity index (χ4v) is 5.63. The van der Waals surface area contributed by atoms with Crippen molar-refractivity contribution in [3.05, 3.63) is 70.3 Å². The number of rotatable bonds is 19. The zero-order valence-corrected chi connectivity index (χ0v) is 29.3. The second-order valence-electron chi connectivity index (χ2n) is 11.8. The summed E-state index contributed by atoms with van der Waals surface area (Å²) in [6.07, 6.45) is 2.17. The van der Waals surface area contributed by atoms with E-state index in [1.807, 2.05) is 31.2 Å². The molecule has 3 rings (SSSR count). The van der Waals surface area contributed by atoms with Crippen molar-refractivity contribution in [2.24, 2.45) is 5.73 Å². The predicted octanol–water partition coefficient (Wildman–Crippen LogP) is 0.941. The van der Waals surface area contributed by atoms with E-state index in [4.69, 9.17) is 5.73 Å². The molecule has 268 valence electrons. The largest absolute Gasteiger partial charge is 0.481 e. The number of carboxylic acids is 1. The van der Waals surface area contributed by atoms with E-state index in [-0.39, 0.29) is 25.8 Å². The summed E-state index contributed by atoms with van der Waals surface area (Å²) in [5.41, 5.74) is 7.72. The fourth-order valence-electron chi connectivity index (χ4n) is 5.18. The van der Waals surface area contributed by atoms with Gasteiger partial charge in [0.1, 0.15) is 24.2 Å². The molecule has 1 heterocycles. The van der Waals surface area contributed by atoms with Crippen LogP contribution in [0.4, 0.5) is 0 Å². The molecule has 16 heteroatoms. The fraction of sp³-hybridized carbons (Fsp3) is 0.382. The molecule has 6 amide bonds. The third-order valence-corrected chi connectivity index (χ3v) is 8.22. The van der Waals surface area contributed by atoms with Gasteiger partial charge in [0.05, 0.1) is 13.0 Å². The lowest BCUT2D eigenvalue weighted by molar-refractivity contribution is -0.141. The minimum absolute atomic E-state index is 0.00884. The summed E-state index contributed by atoms with van der Waals surface area (Å²) in [5.74, 6) is -5.86. The number of aromatic nitrogens is 1. The van der Waals surface area contributed by atoms with Gasteiger partial charge >= 0.3 is 5.97 Å². The van der Waals surface area contributed by atoms with Crippen LogP contribution in [-0.4, -0.2) is 82.2 Å². The number of nitrogens with two attached hydrogens (primary N) is 1. The highest BCUT2D eigenvalue weighted by molar-refractivity contribution is 9.10. The summed E-state index contributed by atoms with van der Waals surface area (Å²) < 4.78 is 0.733. The van der Waals surface area contributed by atoms with Crippen molar-refractivity contribution in [2.75, 3.05) is 6.54 Å². The molecule has 3 aromatic rings. The Balaban J connectivity index is 1.81. The molecule has 2 aromatic carbocycles. The number of fused-ring (bicyclic) bond motifs is 1. The predicted molar refractivity (Wildman–Crippen MR) is 187 cm³/mol. The van der Waals surface area contributed by atoms with Gasteiger partial charge in [0.2, 0.25) is 35.4 Å². The average molecular weight is 757 g/mol. The van der Waals surface area contributed by atoms with Gasteiger partial charge in [-0.2, -0.15) is 0 Å². The number of nitrogens with one attached hydrogen (secondary N) is 6. The van der Waals surface area contributed by atoms with Crippen LogP contribution >= 0.6 is 15.9 Å². The van der Waals surface area contributed by atoms with E-state index in [9.17, 15) is 38.7 Å². The summed E-state index contributed by atoms with van der Waals surface area (Å²) in [6.45, 7) is 2.73. The number of unbranched alkanes of at least 4 members (excludes halogenated alkanes) is 1. The molecule has 0 aliphatic carbocycles. The van der Waals surface area contributed by atoms with Crippen LogP contribution in [0.3, 0.4) is 0 Å². The summed E-state index contributed by atoms with van der Waals surface area (Å²) in [5, 5.41) is 22.9. The maximum Gasteiger partial charge on any atom is 0.305 e. The van der Waals surface area contributed by atoms with Crippen LogP contribution < -0.4 is 32.3 Å². The number of halogens is 1. The highest BCUT2D eigenvalue weighted by atomic mass is 79.9. The minimum atomic E-state index is -1.62. The van der Waals surface area contributed by atoms with E-state index < -0.39 is 72.0 Å². The molecule has 0 fully saturated rings. The quantitative estimate of drug-likeness (QED) is 0.0874. The minimum Gasteiger partial charge on any atom is -0.481 e. The summed E-state index contributed by atoms with van der Waals surface area (Å²) >= 11 is 3.34. The third kappa shape index (κ3) is 12.3. The SMILES string of the molecule is CCCC[C@H](NC(=O)[C@H](Cc1c[nH]c2ccccc12)NC(=O)CNC(C)=O)C(=O)N[C@@H](CC(=O)O)C(=O)N[C@@H](Cc1cccc(Br)c1)C(N)=O. The number of hydrogen-bond acceptors (Lipinski definition) is 7. The number of benzene rings is 2. The molecule has 15 nitrogen and oxygen atoms in total. The van der Waals surface area contributed by atoms with E-state index in [1.54, 1.807) is 30.5 Å². The molecule has 50 heavy (non-hydrogen) atoms. The standard InChI is InChI=1S/C34H42BrN7O8/c1-3-4-11-25(32(48)42-28(16-30(45)46)34(50)41-26(31(36)47)14-20-8-7-9-22(35)13-20)40-33(49)27(39-29(44)18-37-19(2)43)15-21-17-38-24-12-6-5-10-23(21)24/h5-10,12-13,17,25-28,38H,3-4,11,14-16,18H2,1-2H3,(H2,36,47)(H,37,43)(H,39,44)(H,40,49)(H,41,50)(H,42,48)(H,45,46)/t25-,26-,27-,28-/m0/s1. The zero-order chi connectivity index (χ0) is 36.8. The normalized spacial score (nSPS) is 13.3. The molecule has 0 bridgehead atoms. The Morgan fingerprint density at radius 2 is 1.50 bits per heavy atom. The molecule has 0 saturated carbocycles. The molecule has 0 aliphatic heterocycles. The highest BCUT2D eigenvalue weighted by Crippen LogP contribution is 2.19. The topological polar surface area (TPSA) is 242 Å². The molecule has 0 unspecified atom stereocenters. The Morgan fingerprint density at radius 3 is 2.16 bits per heavy atom. The van der Waals surface area contributed by atoms with Crippen molar-refractivity contribution in [3.63, 3.8) is 0 Å². The number of H-pyrrole nitrogens is 1. The molecular weight excluding hydrogens is 714 g/mol. The lowest BCUT2D eigenvalue weighted by Crippen LogP contribution is -2.59. The van der Waals surface area contributed by atoms with E-state index in [0.29, 0.717) is 24.0 Å². The lowest BCUT2D eigenvalue weighted by Gasteiger charge is -2.26. The first-order chi connectivity index (χ1) is 23.8. The van der Waals surface area contributed by atoms with E-state index in [1.165, 1.54) is 6.92 Å². The number of primary amides is 1. The molecule has 0 radical (unpaired) electrons. The number of carbonyl (C=O) groups is 7. The van der Waals surface area contributed by atoms with Gasteiger partial charge in [-0.1, -0.05) is 66.0 Å². The van der Waals surface area contributed by atoms with Crippen LogP contribution in [0.5, 0.6) is 0 Å². The molecular formula is C34H42BrN7O8. The average Bonchev–Trinajstić information content (AvgIpc) is 3.46. The van der Waals surface area contributed by atoms with Gasteiger partial charge in [-0.25, -0.2) is 0 Å². The van der Waals surface area contributed by atoms with Crippen LogP contribution in [0.2, 0.25) is 0 Å². The van der Waals surface area contributed by atoms with Crippen molar-refractivity contribution in [3.8, 4) is 0 Å². The number of aromatic amines is 1. The maximum atomic E-state index is 13.7. The molecule has 0 aliphatic rings. The van der Waals surface area contributed by atoms with E-state index in [2.05, 4.69) is 47.5 Å². The van der Waals surface area contributed by atoms with Gasteiger partial charge in [0.15, 0.2) is 0 Å². The van der Waals surface area contributed by atoms with Crippen molar-refractivity contribution < 1.29 is 38.7 Å². The van der Waals surface area contributed by atoms with Gasteiger partial charge in [-0.15, -0.1) is 0 Å². The molecule has 1 aromatic heterocycles. The Kier molecular flexibility index (Phi) is 14.9. The van der Waals surface area contributed by atoms with Crippen LogP contribution in [0.15, 0.2) is 59.2 Å². The number of amides is 6. The number of aliphatic carboxylic acids is 1. The first-order valence-electron chi connectivity index (χ1n) is 16.0. The Labute approximate surface area is 297 Å². The Bertz CT molecular complexity index is 1710. The second-order valence-corrected chi connectivity index (χ2v) is 12.7. The van der Waals surface area contributed by atoms with Crippen molar-refractivity contribution in [1.29, 1.82) is 0 Å². The van der Waals surface area contributed by atoms with Gasteiger partial charge < -0.3 is 42.4 Å². The van der Waals surface area contributed by atoms with Crippen molar-refractivity contribution >= 4 is 68.2 Å². The Hall–Kier alpha value is -5.25. The van der Waals surface area contributed by atoms with Gasteiger partial charge in [0, 0.05) is 41.3 Å². The highest BCUT2D eigenvalue weighted by Gasteiger charge is 2.32. The smallest absolute Gasteiger partial charge is 0.305 e. The molecule has 4 atom stereocenters. The number of carboxylic acid groups (broad SMARTS) is 1. The van der Waals surface area contributed by atoms with Crippen molar-refractivity contribution in [1.82, 2.24) is 31.6 Å². The Morgan fingerprint density at radius 1 is 0.840 bits per heavy atom. The van der Waals surface area contributed by atoms with Gasteiger partial charge in [-0.3, -0.25) is 33.6 Å². The monoisotopic (exact) mass is 755 g/mol. The van der Waals surface area contributed by atoms with Gasteiger partial charge in [0.25, 0.3) is 0 Å². The second kappa shape index (κ2) is 19.1. The van der Waals surface area contributed by atoms with Crippen LogP contribution in [-0.2, 0) is 46.4 Å². The van der Waals surface area contributed by atoms with E-state index in [0.717, 1.165) is 15.4 Å². The van der Waals surface area contributed by atoms with Crippen LogP contribution in [0, 0.1) is 0 Å². The third-order valence-electron chi connectivity index (χ3n) is 7.73. The van der Waals surface area contributed by atoms with Crippen molar-refractivity contribution in [2.45, 2.75) is 76.5 Å². The molecule has 0 saturated heterocycles. The van der Waals surface area contributed by atoms with Crippen LogP contribution in [0.1, 0.15) is 50.7 Å². The van der Waals surface area contributed by atoms with Crippen LogP contribution in [0.25, 0.3) is 10.9 Å². The molecule has 9 N–H and O–H groups in total. The van der Waals surface area contributed by atoms with Gasteiger partial charge in [-0.05, 0) is 35.7 Å². The number of hydrogen-bond donors (Lipinski definition) is 8.